The number of rotatable bonds is 1. The normalized spacial score (nSPS) is 13.8. The zero-order valence-corrected chi connectivity index (χ0v) is 10.8. The number of nitrogens with zero attached hydrogens (tertiary/aromatic N) is 2. The molecule has 5 heteroatoms. The number of aryl methyl sites for hydroxylation is 1. The largest absolute Gasteiger partial charge is 0.383 e. The van der Waals surface area contributed by atoms with Crippen LogP contribution in [0.2, 0.25) is 0 Å². The number of aromatic nitrogens is 3. The quantitative estimate of drug-likeness (QED) is 0.713. The number of benzene rings is 1. The SMILES string of the molecule is Nc1[nH]nc2nc3c(c(-c4ccccc4F)c12)CCC3. The molecule has 0 bridgehead atoms. The molecule has 3 aromatic rings. The summed E-state index contributed by atoms with van der Waals surface area (Å²) in [6, 6.07) is 6.78. The Labute approximate surface area is 114 Å². The molecule has 0 saturated heterocycles. The van der Waals surface area contributed by atoms with Crippen LogP contribution in [0, 0.1) is 5.82 Å². The van der Waals surface area contributed by atoms with E-state index >= 15 is 0 Å². The molecule has 2 aromatic heterocycles. The van der Waals surface area contributed by atoms with Crippen molar-refractivity contribution in [2.24, 2.45) is 0 Å². The molecule has 0 fully saturated rings. The zero-order valence-electron chi connectivity index (χ0n) is 10.8. The fraction of sp³-hybridized carbons (Fsp3) is 0.200. The third-order valence-corrected chi connectivity index (χ3v) is 3.90. The van der Waals surface area contributed by atoms with Gasteiger partial charge < -0.3 is 5.73 Å². The van der Waals surface area contributed by atoms with Crippen molar-refractivity contribution in [3.8, 4) is 11.1 Å². The number of nitrogens with two attached hydrogens (primary N) is 1. The van der Waals surface area contributed by atoms with Crippen LogP contribution >= 0.6 is 0 Å². The van der Waals surface area contributed by atoms with Gasteiger partial charge in [-0.25, -0.2) is 9.37 Å². The fourth-order valence-corrected chi connectivity index (χ4v) is 3.03. The molecule has 1 aromatic carbocycles. The molecule has 0 aliphatic heterocycles. The van der Waals surface area contributed by atoms with Crippen LogP contribution in [-0.4, -0.2) is 15.2 Å². The topological polar surface area (TPSA) is 67.6 Å². The highest BCUT2D eigenvalue weighted by Gasteiger charge is 2.24. The number of H-pyrrole nitrogens is 1. The van der Waals surface area contributed by atoms with E-state index in [1.165, 1.54) is 6.07 Å². The van der Waals surface area contributed by atoms with Crippen molar-refractivity contribution in [1.82, 2.24) is 15.2 Å². The number of nitrogens with one attached hydrogen (secondary N) is 1. The molecule has 0 amide bonds. The Morgan fingerprint density at radius 3 is 2.90 bits per heavy atom. The summed E-state index contributed by atoms with van der Waals surface area (Å²) in [6.07, 6.45) is 2.87. The average molecular weight is 268 g/mol. The minimum Gasteiger partial charge on any atom is -0.383 e. The number of aromatic amines is 1. The molecule has 4 rings (SSSR count). The first-order chi connectivity index (χ1) is 9.75. The van der Waals surface area contributed by atoms with Gasteiger partial charge in [0.25, 0.3) is 0 Å². The summed E-state index contributed by atoms with van der Waals surface area (Å²) >= 11 is 0. The van der Waals surface area contributed by atoms with Crippen molar-refractivity contribution in [2.45, 2.75) is 19.3 Å². The Kier molecular flexibility index (Phi) is 2.30. The van der Waals surface area contributed by atoms with Gasteiger partial charge in [0.1, 0.15) is 11.6 Å². The lowest BCUT2D eigenvalue weighted by Crippen LogP contribution is -1.97. The first kappa shape index (κ1) is 11.4. The Morgan fingerprint density at radius 1 is 1.20 bits per heavy atom. The summed E-state index contributed by atoms with van der Waals surface area (Å²) in [5, 5.41) is 7.61. The van der Waals surface area contributed by atoms with E-state index in [1.54, 1.807) is 12.1 Å². The first-order valence-corrected chi connectivity index (χ1v) is 6.66. The smallest absolute Gasteiger partial charge is 0.184 e. The summed E-state index contributed by atoms with van der Waals surface area (Å²) in [6.45, 7) is 0. The molecule has 0 radical (unpaired) electrons. The fourth-order valence-electron chi connectivity index (χ4n) is 3.03. The van der Waals surface area contributed by atoms with E-state index in [2.05, 4.69) is 15.2 Å². The van der Waals surface area contributed by atoms with Gasteiger partial charge in [-0.2, -0.15) is 5.10 Å². The highest BCUT2D eigenvalue weighted by Crippen LogP contribution is 2.39. The Hall–Kier alpha value is -2.43. The summed E-state index contributed by atoms with van der Waals surface area (Å²) in [4.78, 5) is 4.55. The van der Waals surface area contributed by atoms with Crippen LogP contribution in [0.1, 0.15) is 17.7 Å². The molecular weight excluding hydrogens is 255 g/mol. The highest BCUT2D eigenvalue weighted by molar-refractivity contribution is 6.01. The Bertz CT molecular complexity index is 822. The van der Waals surface area contributed by atoms with Gasteiger partial charge in [0.15, 0.2) is 5.65 Å². The van der Waals surface area contributed by atoms with E-state index in [0.29, 0.717) is 17.0 Å². The van der Waals surface area contributed by atoms with E-state index in [-0.39, 0.29) is 5.82 Å². The number of anilines is 1. The molecule has 20 heavy (non-hydrogen) atoms. The molecule has 1 aliphatic rings. The average Bonchev–Trinajstić information content (AvgIpc) is 3.05. The van der Waals surface area contributed by atoms with Crippen LogP contribution in [-0.2, 0) is 12.8 Å². The standard InChI is InChI=1S/C15H13FN4/c16-10-6-2-1-4-8(10)12-9-5-3-7-11(9)18-15-13(12)14(17)19-20-15/h1-2,4,6H,3,5,7H2,(H3,17,18,19,20). The maximum Gasteiger partial charge on any atom is 0.184 e. The molecule has 0 unspecified atom stereocenters. The van der Waals surface area contributed by atoms with Gasteiger partial charge in [0.2, 0.25) is 0 Å². The summed E-state index contributed by atoms with van der Waals surface area (Å²) in [7, 11) is 0. The van der Waals surface area contributed by atoms with E-state index < -0.39 is 0 Å². The van der Waals surface area contributed by atoms with E-state index in [0.717, 1.165) is 41.5 Å². The molecule has 4 nitrogen and oxygen atoms in total. The first-order valence-electron chi connectivity index (χ1n) is 6.66. The minimum atomic E-state index is -0.241. The third kappa shape index (κ3) is 1.46. The van der Waals surface area contributed by atoms with Gasteiger partial charge in [-0.05, 0) is 30.9 Å². The van der Waals surface area contributed by atoms with E-state index in [9.17, 15) is 4.39 Å². The van der Waals surface area contributed by atoms with Gasteiger partial charge in [-0.1, -0.05) is 18.2 Å². The summed E-state index contributed by atoms with van der Waals surface area (Å²) in [5.74, 6) is 0.204. The zero-order chi connectivity index (χ0) is 13.7. The van der Waals surface area contributed by atoms with E-state index in [1.807, 2.05) is 6.07 Å². The van der Waals surface area contributed by atoms with Crippen molar-refractivity contribution in [2.75, 3.05) is 5.73 Å². The second kappa shape index (κ2) is 4.03. The highest BCUT2D eigenvalue weighted by atomic mass is 19.1. The predicted molar refractivity (Wildman–Crippen MR) is 75.7 cm³/mol. The second-order valence-electron chi connectivity index (χ2n) is 5.08. The van der Waals surface area contributed by atoms with Crippen LogP contribution in [0.15, 0.2) is 24.3 Å². The number of nitrogen functional groups attached to an aromatic ring is 1. The van der Waals surface area contributed by atoms with Gasteiger partial charge >= 0.3 is 0 Å². The van der Waals surface area contributed by atoms with Gasteiger partial charge in [0.05, 0.1) is 5.39 Å². The maximum absolute atomic E-state index is 14.2. The van der Waals surface area contributed by atoms with Crippen molar-refractivity contribution in [1.29, 1.82) is 0 Å². The number of hydrogen-bond acceptors (Lipinski definition) is 3. The molecule has 0 saturated carbocycles. The van der Waals surface area contributed by atoms with Gasteiger partial charge in [-0.3, -0.25) is 5.10 Å². The lowest BCUT2D eigenvalue weighted by Gasteiger charge is -2.11. The van der Waals surface area contributed by atoms with Crippen molar-refractivity contribution >= 4 is 16.9 Å². The van der Waals surface area contributed by atoms with Crippen LogP contribution in [0.4, 0.5) is 10.2 Å². The van der Waals surface area contributed by atoms with Crippen molar-refractivity contribution in [3.63, 3.8) is 0 Å². The van der Waals surface area contributed by atoms with Crippen LogP contribution < -0.4 is 5.73 Å². The van der Waals surface area contributed by atoms with Crippen molar-refractivity contribution < 1.29 is 4.39 Å². The number of halogens is 1. The van der Waals surface area contributed by atoms with Gasteiger partial charge in [-0.15, -0.1) is 0 Å². The van der Waals surface area contributed by atoms with Crippen LogP contribution in [0.3, 0.4) is 0 Å². The third-order valence-electron chi connectivity index (χ3n) is 3.90. The van der Waals surface area contributed by atoms with Crippen molar-refractivity contribution in [3.05, 3.63) is 41.3 Å². The number of hydrogen-bond donors (Lipinski definition) is 2. The lowest BCUT2D eigenvalue weighted by molar-refractivity contribution is 0.631. The molecule has 0 atom stereocenters. The van der Waals surface area contributed by atoms with Crippen LogP contribution in [0.5, 0.6) is 0 Å². The van der Waals surface area contributed by atoms with Crippen LogP contribution in [0.25, 0.3) is 22.2 Å². The molecule has 100 valence electrons. The minimum absolute atomic E-state index is 0.241. The number of pyridine rings is 1. The van der Waals surface area contributed by atoms with E-state index in [4.69, 9.17) is 5.73 Å². The Morgan fingerprint density at radius 2 is 2.05 bits per heavy atom. The molecule has 3 N–H and O–H groups in total. The molecule has 1 aliphatic carbocycles. The molecular formula is C15H13FN4. The lowest BCUT2D eigenvalue weighted by atomic mass is 9.96. The maximum atomic E-state index is 14.2. The Balaban J connectivity index is 2.17. The molecule has 2 heterocycles. The number of fused-ring (bicyclic) bond motifs is 2. The summed E-state index contributed by atoms with van der Waals surface area (Å²) in [5.41, 5.74) is 10.1. The second-order valence-corrected chi connectivity index (χ2v) is 5.08. The summed E-state index contributed by atoms with van der Waals surface area (Å²) < 4.78 is 14.2. The molecule has 0 spiro atoms. The monoisotopic (exact) mass is 268 g/mol. The predicted octanol–water partition coefficient (Wildman–Crippen LogP) is 2.83. The van der Waals surface area contributed by atoms with Gasteiger partial charge in [0, 0.05) is 16.8 Å².